The number of amides is 3. The molecule has 3 saturated heterocycles. The molecule has 154 valence electrons. The summed E-state index contributed by atoms with van der Waals surface area (Å²) in [5.74, 6) is -0.725. The van der Waals surface area contributed by atoms with Gasteiger partial charge in [-0.2, -0.15) is 0 Å². The van der Waals surface area contributed by atoms with Crippen molar-refractivity contribution >= 4 is 17.7 Å². The lowest BCUT2D eigenvalue weighted by molar-refractivity contribution is -0.136. The van der Waals surface area contributed by atoms with Gasteiger partial charge in [-0.1, -0.05) is 18.6 Å². The number of hydrogen-bond donors (Lipinski definition) is 3. The fourth-order valence-corrected chi connectivity index (χ4v) is 5.39. The number of carbonyl (C=O) groups excluding carboxylic acids is 3. The van der Waals surface area contributed by atoms with Crippen LogP contribution in [0.5, 0.6) is 0 Å². The number of imide groups is 1. The van der Waals surface area contributed by atoms with Crippen molar-refractivity contribution in [3.8, 4) is 0 Å². The molecule has 4 aliphatic heterocycles. The van der Waals surface area contributed by atoms with E-state index in [1.165, 1.54) is 32.1 Å². The Morgan fingerprint density at radius 3 is 2.83 bits per heavy atom. The Kier molecular flexibility index (Phi) is 4.87. The average molecular weight is 396 g/mol. The molecule has 4 heterocycles. The summed E-state index contributed by atoms with van der Waals surface area (Å²) in [5.41, 5.74) is 2.74. The highest BCUT2D eigenvalue weighted by molar-refractivity contribution is 6.05. The van der Waals surface area contributed by atoms with E-state index in [9.17, 15) is 14.4 Å². The number of benzene rings is 1. The average Bonchev–Trinajstić information content (AvgIpc) is 3.22. The number of carbonyl (C=O) groups is 3. The van der Waals surface area contributed by atoms with E-state index in [4.69, 9.17) is 0 Å². The van der Waals surface area contributed by atoms with Gasteiger partial charge in [0.25, 0.3) is 5.91 Å². The van der Waals surface area contributed by atoms with Crippen LogP contribution in [0.2, 0.25) is 0 Å². The lowest BCUT2D eigenvalue weighted by Gasteiger charge is -2.29. The van der Waals surface area contributed by atoms with Gasteiger partial charge in [-0.05, 0) is 49.3 Å². The van der Waals surface area contributed by atoms with E-state index in [2.05, 4.69) is 22.0 Å². The fraction of sp³-hybridized carbons (Fsp3) is 0.591. The Balaban J connectivity index is 1.25. The summed E-state index contributed by atoms with van der Waals surface area (Å²) in [6.07, 6.45) is 6.94. The molecule has 3 N–H and O–H groups in total. The predicted molar refractivity (Wildman–Crippen MR) is 107 cm³/mol. The Labute approximate surface area is 170 Å². The second-order valence-corrected chi connectivity index (χ2v) is 8.86. The van der Waals surface area contributed by atoms with Gasteiger partial charge in [-0.15, -0.1) is 0 Å². The van der Waals surface area contributed by atoms with Gasteiger partial charge < -0.3 is 15.5 Å². The maximum absolute atomic E-state index is 13.0. The van der Waals surface area contributed by atoms with E-state index in [0.717, 1.165) is 17.7 Å². The highest BCUT2D eigenvalue weighted by Gasteiger charge is 2.39. The first-order valence-electron chi connectivity index (χ1n) is 10.8. The summed E-state index contributed by atoms with van der Waals surface area (Å²) in [6.45, 7) is 1.18. The molecule has 0 saturated carbocycles. The third kappa shape index (κ3) is 3.57. The van der Waals surface area contributed by atoms with E-state index in [0.29, 0.717) is 36.7 Å². The van der Waals surface area contributed by atoms with Crippen LogP contribution >= 0.6 is 0 Å². The zero-order valence-corrected chi connectivity index (χ0v) is 16.6. The van der Waals surface area contributed by atoms with Gasteiger partial charge in [0.05, 0.1) is 0 Å². The Morgan fingerprint density at radius 1 is 1.07 bits per heavy atom. The van der Waals surface area contributed by atoms with Crippen LogP contribution in [0, 0.1) is 0 Å². The predicted octanol–water partition coefficient (Wildman–Crippen LogP) is 1.21. The second-order valence-electron chi connectivity index (χ2n) is 8.86. The quantitative estimate of drug-likeness (QED) is 0.666. The van der Waals surface area contributed by atoms with E-state index in [-0.39, 0.29) is 24.1 Å². The summed E-state index contributed by atoms with van der Waals surface area (Å²) in [4.78, 5) is 38.2. The van der Waals surface area contributed by atoms with Crippen LogP contribution in [-0.4, -0.2) is 46.8 Å². The Hall–Kier alpha value is -2.25. The van der Waals surface area contributed by atoms with Crippen molar-refractivity contribution in [3.05, 3.63) is 34.9 Å². The van der Waals surface area contributed by atoms with Crippen molar-refractivity contribution in [3.63, 3.8) is 0 Å². The summed E-state index contributed by atoms with van der Waals surface area (Å²) in [6, 6.07) is 7.23. The van der Waals surface area contributed by atoms with Gasteiger partial charge >= 0.3 is 0 Å². The monoisotopic (exact) mass is 396 g/mol. The summed E-state index contributed by atoms with van der Waals surface area (Å²) >= 11 is 0. The lowest BCUT2D eigenvalue weighted by Crippen LogP contribution is -2.52. The Bertz CT molecular complexity index is 854. The number of piperidine rings is 1. The number of nitrogens with one attached hydrogen (secondary N) is 3. The molecule has 7 nitrogen and oxygen atoms in total. The normalized spacial score (nSPS) is 31.6. The molecule has 1 aromatic carbocycles. The molecule has 2 bridgehead atoms. The van der Waals surface area contributed by atoms with Crippen molar-refractivity contribution in [1.82, 2.24) is 20.9 Å². The first-order chi connectivity index (χ1) is 14.1. The van der Waals surface area contributed by atoms with Crippen LogP contribution in [0.3, 0.4) is 0 Å². The van der Waals surface area contributed by atoms with Crippen LogP contribution in [0.4, 0.5) is 0 Å². The van der Waals surface area contributed by atoms with E-state index < -0.39 is 6.04 Å². The summed E-state index contributed by atoms with van der Waals surface area (Å²) in [7, 11) is 0. The van der Waals surface area contributed by atoms with Crippen molar-refractivity contribution in [2.24, 2.45) is 0 Å². The number of nitrogens with zero attached hydrogens (tertiary/aromatic N) is 1. The minimum absolute atomic E-state index is 0.105. The maximum atomic E-state index is 13.0. The third-order valence-corrected chi connectivity index (χ3v) is 6.99. The maximum Gasteiger partial charge on any atom is 0.255 e. The number of rotatable bonds is 4. The second kappa shape index (κ2) is 7.54. The molecule has 3 amide bonds. The highest BCUT2D eigenvalue weighted by atomic mass is 16.2. The van der Waals surface area contributed by atoms with Crippen molar-refractivity contribution < 1.29 is 14.4 Å². The number of hydrogen-bond acceptors (Lipinski definition) is 5. The molecule has 5 rings (SSSR count). The molecule has 0 spiro atoms. The fourth-order valence-electron chi connectivity index (χ4n) is 5.39. The van der Waals surface area contributed by atoms with Crippen LogP contribution in [0.1, 0.15) is 66.4 Å². The largest absolute Gasteiger partial charge is 0.322 e. The van der Waals surface area contributed by atoms with E-state index in [1.807, 2.05) is 12.1 Å². The zero-order chi connectivity index (χ0) is 20.0. The van der Waals surface area contributed by atoms with Gasteiger partial charge in [0.1, 0.15) is 6.04 Å². The standard InChI is InChI=1S/C22H28N4O3/c27-20-9-8-19(21(28)25-20)26-12-14-5-4-13(10-16(14)22(26)29)11-23-17-3-1-2-15-6-7-18(17)24-15/h4-5,10,15,17-19,23-24H,1-3,6-9,11-12H2,(H,25,27,28). The van der Waals surface area contributed by atoms with E-state index in [1.54, 1.807) is 4.90 Å². The molecule has 29 heavy (non-hydrogen) atoms. The summed E-state index contributed by atoms with van der Waals surface area (Å²) < 4.78 is 0. The smallest absolute Gasteiger partial charge is 0.255 e. The van der Waals surface area contributed by atoms with Crippen molar-refractivity contribution in [2.75, 3.05) is 0 Å². The van der Waals surface area contributed by atoms with E-state index >= 15 is 0 Å². The molecule has 4 atom stereocenters. The third-order valence-electron chi connectivity index (χ3n) is 6.99. The molecule has 4 unspecified atom stereocenters. The van der Waals surface area contributed by atoms with Gasteiger partial charge in [0, 0.05) is 43.2 Å². The highest BCUT2D eigenvalue weighted by Crippen LogP contribution is 2.29. The molecule has 0 radical (unpaired) electrons. The van der Waals surface area contributed by atoms with Gasteiger partial charge in [0.2, 0.25) is 11.8 Å². The molecule has 1 aromatic rings. The molecular weight excluding hydrogens is 368 g/mol. The number of fused-ring (bicyclic) bond motifs is 3. The molecule has 0 aliphatic carbocycles. The first kappa shape index (κ1) is 18.8. The SMILES string of the molecule is O=C1CCC(N2Cc3ccc(CNC4CCCC5CCC4N5)cc3C2=O)C(=O)N1. The molecular formula is C22H28N4O3. The van der Waals surface area contributed by atoms with Crippen LogP contribution in [-0.2, 0) is 22.7 Å². The Morgan fingerprint density at radius 2 is 1.97 bits per heavy atom. The zero-order valence-electron chi connectivity index (χ0n) is 16.6. The van der Waals surface area contributed by atoms with Gasteiger partial charge in [-0.25, -0.2) is 0 Å². The molecule has 3 fully saturated rings. The van der Waals surface area contributed by atoms with Gasteiger partial charge in [0.15, 0.2) is 0 Å². The van der Waals surface area contributed by atoms with Crippen LogP contribution in [0.15, 0.2) is 18.2 Å². The summed E-state index contributed by atoms with van der Waals surface area (Å²) in [5, 5.41) is 9.81. The topological polar surface area (TPSA) is 90.5 Å². The lowest BCUT2D eigenvalue weighted by atomic mass is 9.96. The van der Waals surface area contributed by atoms with Crippen molar-refractivity contribution in [2.45, 2.75) is 82.2 Å². The minimum Gasteiger partial charge on any atom is -0.322 e. The van der Waals surface area contributed by atoms with Crippen LogP contribution in [0.25, 0.3) is 0 Å². The van der Waals surface area contributed by atoms with Crippen LogP contribution < -0.4 is 16.0 Å². The van der Waals surface area contributed by atoms with Crippen molar-refractivity contribution in [1.29, 1.82) is 0 Å². The molecule has 4 aliphatic rings. The minimum atomic E-state index is -0.554. The molecule has 7 heteroatoms. The first-order valence-corrected chi connectivity index (χ1v) is 10.8. The van der Waals surface area contributed by atoms with Gasteiger partial charge in [-0.3, -0.25) is 19.7 Å². The molecule has 0 aromatic heterocycles.